The fourth-order valence-electron chi connectivity index (χ4n) is 3.13. The third-order valence-electron chi connectivity index (χ3n) is 4.86. The SMILES string of the molecule is CC(C)Oc1ccc(-c2cc(-c3ccc(C4(C=O)CC4)cc3)on2)cc1Cl. The number of aldehydes is 1. The van der Waals surface area contributed by atoms with E-state index in [0.29, 0.717) is 22.2 Å². The lowest BCUT2D eigenvalue weighted by molar-refractivity contribution is -0.109. The number of carbonyl (C=O) groups is 1. The second-order valence-electron chi connectivity index (χ2n) is 7.24. The number of ether oxygens (including phenoxy) is 1. The Kier molecular flexibility index (Phi) is 4.52. The van der Waals surface area contributed by atoms with Gasteiger partial charge < -0.3 is 14.1 Å². The maximum absolute atomic E-state index is 11.3. The molecule has 1 saturated carbocycles. The standard InChI is InChI=1S/C22H20ClNO3/c1-14(2)26-20-8-5-16(11-18(20)23)19-12-21(27-24-19)15-3-6-17(7-4-15)22(13-25)9-10-22/h3-8,11-14H,9-10H2,1-2H3. The van der Waals surface area contributed by atoms with Crippen LogP contribution in [0.25, 0.3) is 22.6 Å². The normalized spacial score (nSPS) is 15.0. The van der Waals surface area contributed by atoms with E-state index in [1.54, 1.807) is 0 Å². The zero-order valence-corrected chi connectivity index (χ0v) is 16.0. The minimum atomic E-state index is -0.262. The molecule has 0 radical (unpaired) electrons. The summed E-state index contributed by atoms with van der Waals surface area (Å²) < 4.78 is 11.2. The Labute approximate surface area is 163 Å². The molecule has 0 N–H and O–H groups in total. The highest BCUT2D eigenvalue weighted by Gasteiger charge is 2.44. The Morgan fingerprint density at radius 3 is 2.41 bits per heavy atom. The number of halogens is 1. The van der Waals surface area contributed by atoms with Crippen molar-refractivity contribution in [1.82, 2.24) is 5.16 Å². The van der Waals surface area contributed by atoms with Crippen LogP contribution in [0, 0.1) is 0 Å². The summed E-state index contributed by atoms with van der Waals surface area (Å²) in [5, 5.41) is 4.70. The molecule has 0 spiro atoms. The molecule has 0 unspecified atom stereocenters. The zero-order chi connectivity index (χ0) is 19.0. The van der Waals surface area contributed by atoms with Crippen molar-refractivity contribution < 1.29 is 14.1 Å². The van der Waals surface area contributed by atoms with Crippen molar-refractivity contribution in [3.63, 3.8) is 0 Å². The van der Waals surface area contributed by atoms with Gasteiger partial charge in [-0.2, -0.15) is 0 Å². The van der Waals surface area contributed by atoms with Crippen LogP contribution in [-0.4, -0.2) is 17.5 Å². The average molecular weight is 382 g/mol. The minimum absolute atomic E-state index is 0.0592. The molecule has 138 valence electrons. The maximum atomic E-state index is 11.3. The fraction of sp³-hybridized carbons (Fsp3) is 0.273. The summed E-state index contributed by atoms with van der Waals surface area (Å²) in [6.07, 6.45) is 2.98. The first-order chi connectivity index (χ1) is 13.0. The predicted octanol–water partition coefficient (Wildman–Crippen LogP) is 5.68. The molecule has 0 amide bonds. The molecule has 1 aliphatic carbocycles. The smallest absolute Gasteiger partial charge is 0.167 e. The van der Waals surface area contributed by atoms with Crippen LogP contribution in [0.15, 0.2) is 53.1 Å². The van der Waals surface area contributed by atoms with Gasteiger partial charge >= 0.3 is 0 Å². The summed E-state index contributed by atoms with van der Waals surface area (Å²) >= 11 is 6.32. The molecule has 0 aliphatic heterocycles. The Morgan fingerprint density at radius 2 is 1.81 bits per heavy atom. The van der Waals surface area contributed by atoms with Crippen LogP contribution in [0.2, 0.25) is 5.02 Å². The summed E-state index contributed by atoms with van der Waals surface area (Å²) in [5.74, 6) is 1.32. The average Bonchev–Trinajstić information content (AvgIpc) is 3.32. The Morgan fingerprint density at radius 1 is 1.11 bits per heavy atom. The van der Waals surface area contributed by atoms with Crippen LogP contribution in [0.1, 0.15) is 32.3 Å². The lowest BCUT2D eigenvalue weighted by Crippen LogP contribution is -2.06. The molecule has 0 bridgehead atoms. The second-order valence-corrected chi connectivity index (χ2v) is 7.65. The predicted molar refractivity (Wildman–Crippen MR) is 105 cm³/mol. The van der Waals surface area contributed by atoms with E-state index in [0.717, 1.165) is 35.8 Å². The van der Waals surface area contributed by atoms with E-state index < -0.39 is 0 Å². The topological polar surface area (TPSA) is 52.3 Å². The largest absolute Gasteiger partial charge is 0.489 e. The van der Waals surface area contributed by atoms with E-state index in [9.17, 15) is 4.79 Å². The van der Waals surface area contributed by atoms with Crippen LogP contribution < -0.4 is 4.74 Å². The van der Waals surface area contributed by atoms with Crippen molar-refractivity contribution in [2.45, 2.75) is 38.2 Å². The molecule has 2 aromatic carbocycles. The summed E-state index contributed by atoms with van der Waals surface area (Å²) in [4.78, 5) is 11.3. The molecule has 1 aromatic heterocycles. The van der Waals surface area contributed by atoms with E-state index >= 15 is 0 Å². The third-order valence-corrected chi connectivity index (χ3v) is 5.15. The van der Waals surface area contributed by atoms with Gasteiger partial charge in [0, 0.05) is 17.2 Å². The third kappa shape index (κ3) is 3.50. The summed E-state index contributed by atoms with van der Waals surface area (Å²) in [7, 11) is 0. The molecular formula is C22H20ClNO3. The number of nitrogens with zero attached hydrogens (tertiary/aromatic N) is 1. The number of aromatic nitrogens is 1. The van der Waals surface area contributed by atoms with Crippen molar-refractivity contribution in [2.75, 3.05) is 0 Å². The number of hydrogen-bond donors (Lipinski definition) is 0. The first kappa shape index (κ1) is 17.8. The van der Waals surface area contributed by atoms with Gasteiger partial charge in [0.15, 0.2) is 5.76 Å². The summed E-state index contributed by atoms with van der Waals surface area (Å²) in [5.41, 5.74) is 3.29. The number of benzene rings is 2. The number of rotatable bonds is 6. The highest BCUT2D eigenvalue weighted by molar-refractivity contribution is 6.32. The summed E-state index contributed by atoms with van der Waals surface area (Å²) in [6, 6.07) is 15.4. The van der Waals surface area contributed by atoms with Gasteiger partial charge in [-0.05, 0) is 50.5 Å². The Balaban J connectivity index is 1.57. The van der Waals surface area contributed by atoms with E-state index in [-0.39, 0.29) is 11.5 Å². The monoisotopic (exact) mass is 381 g/mol. The highest BCUT2D eigenvalue weighted by atomic mass is 35.5. The molecule has 1 aliphatic rings. The fourth-order valence-corrected chi connectivity index (χ4v) is 3.36. The van der Waals surface area contributed by atoms with Gasteiger partial charge in [0.05, 0.1) is 16.5 Å². The molecule has 1 fully saturated rings. The second kappa shape index (κ2) is 6.86. The lowest BCUT2D eigenvalue weighted by Gasteiger charge is -2.11. The van der Waals surface area contributed by atoms with Gasteiger partial charge in [-0.3, -0.25) is 0 Å². The molecule has 0 atom stereocenters. The van der Waals surface area contributed by atoms with Crippen LogP contribution in [0.3, 0.4) is 0 Å². The van der Waals surface area contributed by atoms with Crippen LogP contribution in [0.4, 0.5) is 0 Å². The molecule has 0 saturated heterocycles. The van der Waals surface area contributed by atoms with E-state index in [1.165, 1.54) is 0 Å². The van der Waals surface area contributed by atoms with Crippen LogP contribution in [0.5, 0.6) is 5.75 Å². The zero-order valence-electron chi connectivity index (χ0n) is 15.2. The lowest BCUT2D eigenvalue weighted by atomic mass is 9.96. The highest BCUT2D eigenvalue weighted by Crippen LogP contribution is 2.46. The number of hydrogen-bond acceptors (Lipinski definition) is 4. The Hall–Kier alpha value is -2.59. The van der Waals surface area contributed by atoms with Crippen molar-refractivity contribution >= 4 is 17.9 Å². The molecule has 3 aromatic rings. The maximum Gasteiger partial charge on any atom is 0.167 e. The van der Waals surface area contributed by atoms with E-state index in [1.807, 2.05) is 62.4 Å². The first-order valence-corrected chi connectivity index (χ1v) is 9.39. The van der Waals surface area contributed by atoms with Crippen molar-refractivity contribution in [1.29, 1.82) is 0 Å². The number of carbonyl (C=O) groups excluding carboxylic acids is 1. The quantitative estimate of drug-likeness (QED) is 0.515. The molecule has 27 heavy (non-hydrogen) atoms. The van der Waals surface area contributed by atoms with Crippen LogP contribution >= 0.6 is 11.6 Å². The van der Waals surface area contributed by atoms with Gasteiger partial charge in [-0.1, -0.05) is 41.0 Å². The molecule has 1 heterocycles. The molecule has 4 nitrogen and oxygen atoms in total. The Bertz CT molecular complexity index is 971. The van der Waals surface area contributed by atoms with Crippen molar-refractivity contribution in [3.8, 4) is 28.3 Å². The van der Waals surface area contributed by atoms with Gasteiger partial charge in [0.2, 0.25) is 0 Å². The molecule has 5 heteroatoms. The minimum Gasteiger partial charge on any atom is -0.489 e. The van der Waals surface area contributed by atoms with Crippen LogP contribution in [-0.2, 0) is 10.2 Å². The first-order valence-electron chi connectivity index (χ1n) is 9.01. The van der Waals surface area contributed by atoms with E-state index in [4.69, 9.17) is 20.9 Å². The molecular weight excluding hydrogens is 362 g/mol. The van der Waals surface area contributed by atoms with Crippen molar-refractivity contribution in [2.24, 2.45) is 0 Å². The summed E-state index contributed by atoms with van der Waals surface area (Å²) in [6.45, 7) is 3.92. The van der Waals surface area contributed by atoms with Crippen molar-refractivity contribution in [3.05, 3.63) is 59.1 Å². The molecule has 4 rings (SSSR count). The van der Waals surface area contributed by atoms with Gasteiger partial charge in [-0.25, -0.2) is 0 Å². The van der Waals surface area contributed by atoms with Gasteiger partial charge in [-0.15, -0.1) is 0 Å². The van der Waals surface area contributed by atoms with Gasteiger partial charge in [0.1, 0.15) is 17.7 Å². The van der Waals surface area contributed by atoms with E-state index in [2.05, 4.69) is 5.16 Å². The van der Waals surface area contributed by atoms with Gasteiger partial charge in [0.25, 0.3) is 0 Å².